The van der Waals surface area contributed by atoms with E-state index in [2.05, 4.69) is 25.3 Å². The smallest absolute Gasteiger partial charge is 0.131 e. The van der Waals surface area contributed by atoms with Crippen LogP contribution in [0.15, 0.2) is 22.4 Å². The molecule has 76 valence electrons. The molecule has 4 nitrogen and oxygen atoms in total. The topological polar surface area (TPSA) is 73.4 Å². The van der Waals surface area contributed by atoms with Gasteiger partial charge in [-0.05, 0) is 33.5 Å². The van der Waals surface area contributed by atoms with Crippen LogP contribution in [-0.4, -0.2) is 9.36 Å². The maximum atomic E-state index is 8.67. The molecule has 0 unspecified atom stereocenters. The Kier molecular flexibility index (Phi) is 2.95. The molecular formula is C10H3BrN4S. The van der Waals surface area contributed by atoms with E-state index in [4.69, 9.17) is 10.5 Å². The van der Waals surface area contributed by atoms with Gasteiger partial charge in [-0.3, -0.25) is 4.98 Å². The van der Waals surface area contributed by atoms with Gasteiger partial charge < -0.3 is 0 Å². The molecule has 6 heteroatoms. The van der Waals surface area contributed by atoms with Crippen molar-refractivity contribution >= 4 is 43.6 Å². The summed E-state index contributed by atoms with van der Waals surface area (Å²) in [7, 11) is 0. The van der Waals surface area contributed by atoms with Gasteiger partial charge in [0.25, 0.3) is 0 Å². The average molecular weight is 291 g/mol. The van der Waals surface area contributed by atoms with Crippen LogP contribution in [-0.2, 0) is 0 Å². The van der Waals surface area contributed by atoms with Crippen molar-refractivity contribution in [2.75, 3.05) is 0 Å². The molecule has 2 rings (SSSR count). The number of fused-ring (bicyclic) bond motifs is 1. The Labute approximate surface area is 104 Å². The Balaban J connectivity index is 2.69. The third-order valence-electron chi connectivity index (χ3n) is 1.90. The standard InChI is InChI=1S/C10H3BrN4S/c11-8-5-14-9(1-6(2-12)3-13)7-4-15-16-10(7)8/h1,4-5H. The maximum absolute atomic E-state index is 8.67. The van der Waals surface area contributed by atoms with E-state index in [0.717, 1.165) is 14.6 Å². The molecule has 2 heterocycles. The molecule has 0 amide bonds. The molecule has 0 bridgehead atoms. The Morgan fingerprint density at radius 2 is 2.12 bits per heavy atom. The second kappa shape index (κ2) is 4.40. The van der Waals surface area contributed by atoms with Gasteiger partial charge in [-0.25, -0.2) is 0 Å². The van der Waals surface area contributed by atoms with E-state index in [0.29, 0.717) is 5.69 Å². The lowest BCUT2D eigenvalue weighted by molar-refractivity contribution is 1.32. The van der Waals surface area contributed by atoms with Crippen molar-refractivity contribution in [3.8, 4) is 12.1 Å². The molecule has 0 radical (unpaired) electrons. The van der Waals surface area contributed by atoms with E-state index < -0.39 is 0 Å². The quantitative estimate of drug-likeness (QED) is 0.757. The second-order valence-corrected chi connectivity index (χ2v) is 4.50. The first-order chi connectivity index (χ1) is 7.76. The monoisotopic (exact) mass is 290 g/mol. The number of allylic oxidation sites excluding steroid dienone is 1. The minimum atomic E-state index is 0.0299. The van der Waals surface area contributed by atoms with Gasteiger partial charge in [0, 0.05) is 11.6 Å². The van der Waals surface area contributed by atoms with E-state index >= 15 is 0 Å². The van der Waals surface area contributed by atoms with Crippen LogP contribution < -0.4 is 0 Å². The molecule has 0 saturated heterocycles. The molecule has 0 aromatic carbocycles. The highest BCUT2D eigenvalue weighted by atomic mass is 79.9. The summed E-state index contributed by atoms with van der Waals surface area (Å²) in [5.41, 5.74) is 0.618. The number of hydrogen-bond donors (Lipinski definition) is 0. The number of nitrogens with zero attached hydrogens (tertiary/aromatic N) is 4. The van der Waals surface area contributed by atoms with E-state index in [1.807, 2.05) is 0 Å². The van der Waals surface area contributed by atoms with Crippen LogP contribution in [0.2, 0.25) is 0 Å². The first kappa shape index (κ1) is 10.7. The number of halogens is 1. The summed E-state index contributed by atoms with van der Waals surface area (Å²) in [6, 6.07) is 3.61. The van der Waals surface area contributed by atoms with Crippen molar-refractivity contribution in [3.63, 3.8) is 0 Å². The first-order valence-corrected chi connectivity index (χ1v) is 5.73. The van der Waals surface area contributed by atoms with Gasteiger partial charge in [0.15, 0.2) is 0 Å². The number of rotatable bonds is 1. The van der Waals surface area contributed by atoms with E-state index in [1.165, 1.54) is 17.6 Å². The molecule has 0 spiro atoms. The Bertz CT molecular complexity index is 643. The Morgan fingerprint density at radius 1 is 1.38 bits per heavy atom. The largest absolute Gasteiger partial charge is 0.255 e. The molecular weight excluding hydrogens is 288 g/mol. The predicted octanol–water partition coefficient (Wildman–Crippen LogP) is 2.88. The van der Waals surface area contributed by atoms with Gasteiger partial charge in [-0.15, -0.1) is 0 Å². The van der Waals surface area contributed by atoms with E-state index in [1.54, 1.807) is 24.5 Å². The van der Waals surface area contributed by atoms with Gasteiger partial charge in [-0.1, -0.05) is 0 Å². The highest BCUT2D eigenvalue weighted by molar-refractivity contribution is 9.10. The fraction of sp³-hybridized carbons (Fsp3) is 0. The van der Waals surface area contributed by atoms with Gasteiger partial charge in [0.2, 0.25) is 0 Å². The summed E-state index contributed by atoms with van der Waals surface area (Å²) >= 11 is 4.71. The van der Waals surface area contributed by atoms with Crippen molar-refractivity contribution in [3.05, 3.63) is 28.1 Å². The highest BCUT2D eigenvalue weighted by Gasteiger charge is 2.07. The average Bonchev–Trinajstić information content (AvgIpc) is 2.78. The molecule has 0 saturated carbocycles. The number of pyridine rings is 1. The zero-order chi connectivity index (χ0) is 11.5. The van der Waals surface area contributed by atoms with Crippen LogP contribution in [0.25, 0.3) is 16.2 Å². The molecule has 0 aliphatic heterocycles. The third-order valence-corrected chi connectivity index (χ3v) is 3.60. The summed E-state index contributed by atoms with van der Waals surface area (Å²) in [4.78, 5) is 4.16. The van der Waals surface area contributed by atoms with Gasteiger partial charge in [0.05, 0.1) is 21.1 Å². The summed E-state index contributed by atoms with van der Waals surface area (Å²) in [5.74, 6) is 0. The highest BCUT2D eigenvalue weighted by Crippen LogP contribution is 2.29. The van der Waals surface area contributed by atoms with E-state index in [9.17, 15) is 0 Å². The number of nitriles is 2. The van der Waals surface area contributed by atoms with Crippen molar-refractivity contribution in [2.24, 2.45) is 0 Å². The zero-order valence-corrected chi connectivity index (χ0v) is 10.2. The number of aromatic nitrogens is 2. The van der Waals surface area contributed by atoms with Crippen LogP contribution in [0.5, 0.6) is 0 Å². The normalized spacial score (nSPS) is 9.44. The lowest BCUT2D eigenvalue weighted by atomic mass is 10.2. The SMILES string of the molecule is N#CC(C#N)=Cc1ncc(Br)c2sncc12. The van der Waals surface area contributed by atoms with Crippen molar-refractivity contribution in [1.82, 2.24) is 9.36 Å². The lowest BCUT2D eigenvalue weighted by Gasteiger charge is -1.96. The van der Waals surface area contributed by atoms with Crippen molar-refractivity contribution < 1.29 is 0 Å². The third kappa shape index (κ3) is 1.81. The van der Waals surface area contributed by atoms with Crippen LogP contribution in [0.1, 0.15) is 5.69 Å². The zero-order valence-electron chi connectivity index (χ0n) is 7.81. The molecule has 0 fully saturated rings. The van der Waals surface area contributed by atoms with Crippen LogP contribution in [0.3, 0.4) is 0 Å². The minimum Gasteiger partial charge on any atom is -0.255 e. The molecule has 0 N–H and O–H groups in total. The molecule has 16 heavy (non-hydrogen) atoms. The van der Waals surface area contributed by atoms with Crippen molar-refractivity contribution in [2.45, 2.75) is 0 Å². The van der Waals surface area contributed by atoms with Gasteiger partial charge in [0.1, 0.15) is 17.7 Å². The molecule has 2 aromatic rings. The molecule has 0 atom stereocenters. The van der Waals surface area contributed by atoms with Crippen LogP contribution in [0.4, 0.5) is 0 Å². The van der Waals surface area contributed by atoms with Crippen LogP contribution >= 0.6 is 27.5 Å². The Morgan fingerprint density at radius 3 is 2.81 bits per heavy atom. The maximum Gasteiger partial charge on any atom is 0.131 e. The van der Waals surface area contributed by atoms with Gasteiger partial charge in [-0.2, -0.15) is 14.9 Å². The molecule has 0 aliphatic rings. The van der Waals surface area contributed by atoms with Gasteiger partial charge >= 0.3 is 0 Å². The fourth-order valence-electron chi connectivity index (χ4n) is 1.19. The summed E-state index contributed by atoms with van der Waals surface area (Å²) in [6.45, 7) is 0. The lowest BCUT2D eigenvalue weighted by Crippen LogP contribution is -1.83. The second-order valence-electron chi connectivity index (χ2n) is 2.84. The minimum absolute atomic E-state index is 0.0299. The Hall–Kier alpha value is -1.76. The fourth-order valence-corrected chi connectivity index (χ4v) is 2.38. The summed E-state index contributed by atoms with van der Waals surface area (Å²) < 4.78 is 5.87. The predicted molar refractivity (Wildman–Crippen MR) is 64.3 cm³/mol. The van der Waals surface area contributed by atoms with Crippen LogP contribution in [0, 0.1) is 22.7 Å². The number of hydrogen-bond acceptors (Lipinski definition) is 5. The first-order valence-electron chi connectivity index (χ1n) is 4.17. The summed E-state index contributed by atoms with van der Waals surface area (Å²) in [5, 5.41) is 18.2. The van der Waals surface area contributed by atoms with E-state index in [-0.39, 0.29) is 5.57 Å². The molecule has 2 aromatic heterocycles. The van der Waals surface area contributed by atoms with Crippen molar-refractivity contribution in [1.29, 1.82) is 10.5 Å². The summed E-state index contributed by atoms with van der Waals surface area (Å²) in [6.07, 6.45) is 4.78. The molecule has 0 aliphatic carbocycles.